The number of hydrogen-bond donors (Lipinski definition) is 0. The minimum atomic E-state index is -0.0582. The Morgan fingerprint density at radius 1 is 0.696 bits per heavy atom. The molecule has 23 heavy (non-hydrogen) atoms. The van der Waals surface area contributed by atoms with E-state index in [1.54, 1.807) is 11.1 Å². The molecule has 2 heterocycles. The number of fused-ring (bicyclic) bond motifs is 2. The van der Waals surface area contributed by atoms with Gasteiger partial charge < -0.3 is 4.74 Å². The molecular formula is C22H22O. The molecule has 4 aliphatic rings. The molecule has 2 spiro atoms. The van der Waals surface area contributed by atoms with E-state index in [1.165, 1.54) is 73.3 Å². The highest BCUT2D eigenvalue weighted by molar-refractivity contribution is 5.86. The van der Waals surface area contributed by atoms with E-state index >= 15 is 0 Å². The van der Waals surface area contributed by atoms with Crippen LogP contribution in [0.4, 0.5) is 0 Å². The van der Waals surface area contributed by atoms with Gasteiger partial charge in [0.05, 0.1) is 0 Å². The Kier molecular flexibility index (Phi) is 2.26. The monoisotopic (exact) mass is 302 g/mol. The van der Waals surface area contributed by atoms with Gasteiger partial charge >= 0.3 is 0 Å². The molecule has 1 heteroatoms. The quantitative estimate of drug-likeness (QED) is 0.566. The predicted octanol–water partition coefficient (Wildman–Crippen LogP) is 5.72. The molecule has 0 radical (unpaired) electrons. The minimum absolute atomic E-state index is 0.0582. The van der Waals surface area contributed by atoms with E-state index < -0.39 is 0 Å². The average Bonchev–Trinajstić information content (AvgIpc) is 3.05. The largest absolute Gasteiger partial charge is 0.350 e. The Balaban J connectivity index is 1.71. The van der Waals surface area contributed by atoms with Gasteiger partial charge in [0.15, 0.2) is 0 Å². The van der Waals surface area contributed by atoms with E-state index in [0.717, 1.165) is 0 Å². The van der Waals surface area contributed by atoms with Gasteiger partial charge in [-0.05, 0) is 96.5 Å². The van der Waals surface area contributed by atoms with E-state index in [1.807, 2.05) is 0 Å². The van der Waals surface area contributed by atoms with Crippen LogP contribution in [0.2, 0.25) is 0 Å². The first kappa shape index (κ1) is 12.8. The maximum Gasteiger partial charge on any atom is 0.117 e. The highest BCUT2D eigenvalue weighted by Crippen LogP contribution is 2.68. The van der Waals surface area contributed by atoms with Crippen LogP contribution in [-0.4, -0.2) is 0 Å². The van der Waals surface area contributed by atoms with Crippen molar-refractivity contribution in [3.8, 4) is 0 Å². The minimum Gasteiger partial charge on any atom is -0.350 e. The summed E-state index contributed by atoms with van der Waals surface area (Å²) >= 11 is 0. The molecule has 2 fully saturated rings. The normalized spacial score (nSPS) is 34.4. The van der Waals surface area contributed by atoms with Gasteiger partial charge in [-0.3, -0.25) is 0 Å². The van der Waals surface area contributed by atoms with Crippen molar-refractivity contribution in [3.63, 3.8) is 0 Å². The Morgan fingerprint density at radius 3 is 1.74 bits per heavy atom. The summed E-state index contributed by atoms with van der Waals surface area (Å²) in [5.41, 5.74) is 6.28. The van der Waals surface area contributed by atoms with Crippen molar-refractivity contribution in [2.24, 2.45) is 0 Å². The van der Waals surface area contributed by atoms with E-state index in [2.05, 4.69) is 36.4 Å². The molecule has 2 atom stereocenters. The number of ether oxygens (including phenoxy) is 1. The van der Waals surface area contributed by atoms with Gasteiger partial charge in [-0.25, -0.2) is 0 Å². The van der Waals surface area contributed by atoms with Crippen LogP contribution in [0, 0.1) is 0 Å². The van der Waals surface area contributed by atoms with Gasteiger partial charge in [-0.15, -0.1) is 0 Å². The number of hydrogen-bond acceptors (Lipinski definition) is 1. The van der Waals surface area contributed by atoms with Gasteiger partial charge in [0, 0.05) is 0 Å². The SMILES string of the molecule is c1ccc2cc3c(cc2c1)C12CCCCC1=C1CCCCC13O2. The smallest absolute Gasteiger partial charge is 0.117 e. The van der Waals surface area contributed by atoms with Crippen molar-refractivity contribution in [2.75, 3.05) is 0 Å². The highest BCUT2D eigenvalue weighted by Gasteiger charge is 2.63. The van der Waals surface area contributed by atoms with Gasteiger partial charge in [0.25, 0.3) is 0 Å². The molecule has 0 saturated heterocycles. The highest BCUT2D eigenvalue weighted by atomic mass is 16.5. The maximum atomic E-state index is 7.02. The van der Waals surface area contributed by atoms with Gasteiger partial charge in [-0.2, -0.15) is 0 Å². The van der Waals surface area contributed by atoms with Crippen molar-refractivity contribution in [3.05, 3.63) is 58.7 Å². The Hall–Kier alpha value is -1.60. The van der Waals surface area contributed by atoms with Crippen LogP contribution in [0.25, 0.3) is 10.8 Å². The first-order valence-corrected chi connectivity index (χ1v) is 9.30. The third kappa shape index (κ3) is 1.35. The van der Waals surface area contributed by atoms with Gasteiger partial charge in [-0.1, -0.05) is 24.3 Å². The van der Waals surface area contributed by atoms with Crippen molar-refractivity contribution >= 4 is 10.8 Å². The second kappa shape index (κ2) is 4.08. The Bertz CT molecular complexity index is 806. The fraction of sp³-hybridized carbons (Fsp3) is 0.455. The molecule has 2 aliphatic carbocycles. The van der Waals surface area contributed by atoms with E-state index in [9.17, 15) is 0 Å². The van der Waals surface area contributed by atoms with Crippen molar-refractivity contribution in [1.82, 2.24) is 0 Å². The van der Waals surface area contributed by atoms with Crippen LogP contribution in [0.3, 0.4) is 0 Å². The van der Waals surface area contributed by atoms with Crippen LogP contribution in [0.5, 0.6) is 0 Å². The zero-order valence-corrected chi connectivity index (χ0v) is 13.5. The first-order chi connectivity index (χ1) is 11.3. The lowest BCUT2D eigenvalue weighted by Gasteiger charge is -2.37. The third-order valence-electron chi connectivity index (χ3n) is 6.85. The summed E-state index contributed by atoms with van der Waals surface area (Å²) < 4.78 is 7.02. The topological polar surface area (TPSA) is 9.23 Å². The van der Waals surface area contributed by atoms with Crippen molar-refractivity contribution in [2.45, 2.75) is 62.6 Å². The zero-order chi connectivity index (χ0) is 15.1. The standard InChI is InChI=1S/C22H22O/c1-2-8-16-14-20-19(13-15(16)7-1)21-11-5-3-9-17(21)18-10-4-6-12-22(18,20)23-21/h1-2,7-8,13-14H,3-6,9-12H2. The average molecular weight is 302 g/mol. The molecule has 2 aliphatic heterocycles. The lowest BCUT2D eigenvalue weighted by Crippen LogP contribution is -2.30. The Morgan fingerprint density at radius 2 is 1.22 bits per heavy atom. The fourth-order valence-corrected chi connectivity index (χ4v) is 5.98. The summed E-state index contributed by atoms with van der Waals surface area (Å²) in [7, 11) is 0. The summed E-state index contributed by atoms with van der Waals surface area (Å²) in [6.45, 7) is 0. The van der Waals surface area contributed by atoms with Crippen LogP contribution in [0.1, 0.15) is 62.5 Å². The predicted molar refractivity (Wildman–Crippen MR) is 92.4 cm³/mol. The van der Waals surface area contributed by atoms with Crippen LogP contribution >= 0.6 is 0 Å². The summed E-state index contributed by atoms with van der Waals surface area (Å²) in [5, 5.41) is 2.74. The molecule has 0 amide bonds. The molecule has 116 valence electrons. The second-order valence-corrected chi connectivity index (χ2v) is 7.87. The molecule has 2 aromatic rings. The number of benzene rings is 2. The third-order valence-corrected chi connectivity index (χ3v) is 6.85. The molecule has 2 aromatic carbocycles. The van der Waals surface area contributed by atoms with Crippen LogP contribution in [0.15, 0.2) is 47.5 Å². The summed E-state index contributed by atoms with van der Waals surface area (Å²) in [5.74, 6) is 0. The fourth-order valence-electron chi connectivity index (χ4n) is 5.98. The van der Waals surface area contributed by atoms with Crippen LogP contribution in [-0.2, 0) is 15.9 Å². The number of rotatable bonds is 0. The molecule has 2 bridgehead atoms. The van der Waals surface area contributed by atoms with E-state index in [0.29, 0.717) is 0 Å². The maximum absolute atomic E-state index is 7.02. The molecular weight excluding hydrogens is 280 g/mol. The van der Waals surface area contributed by atoms with Crippen molar-refractivity contribution in [1.29, 1.82) is 0 Å². The van der Waals surface area contributed by atoms with E-state index in [-0.39, 0.29) is 11.2 Å². The Labute approximate surface area is 137 Å². The van der Waals surface area contributed by atoms with Gasteiger partial charge in [0.1, 0.15) is 11.2 Å². The summed E-state index contributed by atoms with van der Waals surface area (Å²) in [6.07, 6.45) is 10.2. The van der Waals surface area contributed by atoms with E-state index in [4.69, 9.17) is 4.74 Å². The lowest BCUT2D eigenvalue weighted by molar-refractivity contribution is -0.0973. The summed E-state index contributed by atoms with van der Waals surface area (Å²) in [4.78, 5) is 0. The molecule has 2 unspecified atom stereocenters. The van der Waals surface area contributed by atoms with Crippen LogP contribution < -0.4 is 0 Å². The summed E-state index contributed by atoms with van der Waals surface area (Å²) in [6, 6.07) is 13.7. The molecule has 0 N–H and O–H groups in total. The zero-order valence-electron chi connectivity index (χ0n) is 13.5. The molecule has 0 aromatic heterocycles. The molecule has 1 nitrogen and oxygen atoms in total. The molecule has 6 rings (SSSR count). The van der Waals surface area contributed by atoms with Crippen molar-refractivity contribution < 1.29 is 4.74 Å². The first-order valence-electron chi connectivity index (χ1n) is 9.30. The molecule has 2 saturated carbocycles. The second-order valence-electron chi connectivity index (χ2n) is 7.87. The lowest BCUT2D eigenvalue weighted by atomic mass is 9.63. The van der Waals surface area contributed by atoms with Gasteiger partial charge in [0.2, 0.25) is 0 Å².